The highest BCUT2D eigenvalue weighted by Crippen LogP contribution is 2.35. The van der Waals surface area contributed by atoms with Gasteiger partial charge in [0, 0.05) is 44.9 Å². The molecule has 1 aliphatic heterocycles. The van der Waals surface area contributed by atoms with Gasteiger partial charge in [-0.15, -0.1) is 5.10 Å². The number of benzene rings is 1. The van der Waals surface area contributed by atoms with Crippen LogP contribution < -0.4 is 4.90 Å². The number of amides is 1. The fraction of sp³-hybridized carbons (Fsp3) is 0.409. The lowest BCUT2D eigenvalue weighted by Gasteiger charge is -2.32. The second kappa shape index (κ2) is 9.05. The van der Waals surface area contributed by atoms with Gasteiger partial charge in [-0.05, 0) is 48.5 Å². The third-order valence-corrected chi connectivity index (χ3v) is 6.35. The second-order valence-electron chi connectivity index (χ2n) is 7.84. The molecule has 0 bridgehead atoms. The van der Waals surface area contributed by atoms with Gasteiger partial charge in [0.15, 0.2) is 0 Å². The van der Waals surface area contributed by atoms with E-state index in [9.17, 15) is 9.18 Å². The highest BCUT2D eigenvalue weighted by atomic mass is 32.1. The standard InChI is InChI=1S/C22H25FN6OS/c1-4-18-20(31-27-26-18)21(30)29-10-8-14(9-11-29)19-17(13-24-22(25-19)28(2)3)15-6-5-7-16(23)12-15/h5-7,12-14H,4,8-11H2,1-3H3. The number of aryl methyl sites for hydroxylation is 1. The summed E-state index contributed by atoms with van der Waals surface area (Å²) in [4.78, 5) is 26.6. The molecule has 0 atom stereocenters. The third-order valence-electron chi connectivity index (χ3n) is 5.59. The number of carbonyl (C=O) groups is 1. The van der Waals surface area contributed by atoms with Crippen LogP contribution in [0, 0.1) is 5.82 Å². The van der Waals surface area contributed by atoms with Crippen molar-refractivity contribution in [3.63, 3.8) is 0 Å². The lowest BCUT2D eigenvalue weighted by molar-refractivity contribution is 0.0716. The van der Waals surface area contributed by atoms with Crippen LogP contribution in [0.5, 0.6) is 0 Å². The van der Waals surface area contributed by atoms with Crippen LogP contribution in [-0.2, 0) is 6.42 Å². The molecule has 9 heteroatoms. The maximum Gasteiger partial charge on any atom is 0.267 e. The van der Waals surface area contributed by atoms with Gasteiger partial charge in [-0.2, -0.15) is 0 Å². The lowest BCUT2D eigenvalue weighted by atomic mass is 9.88. The molecule has 0 aliphatic carbocycles. The third kappa shape index (κ3) is 4.41. The quantitative estimate of drug-likeness (QED) is 0.601. The van der Waals surface area contributed by atoms with Gasteiger partial charge < -0.3 is 9.80 Å². The fourth-order valence-electron chi connectivity index (χ4n) is 3.89. The van der Waals surface area contributed by atoms with Crippen molar-refractivity contribution >= 4 is 23.4 Å². The van der Waals surface area contributed by atoms with Crippen molar-refractivity contribution in [2.24, 2.45) is 0 Å². The van der Waals surface area contributed by atoms with E-state index >= 15 is 0 Å². The number of hydrogen-bond donors (Lipinski definition) is 0. The van der Waals surface area contributed by atoms with Crippen molar-refractivity contribution in [2.75, 3.05) is 32.1 Å². The minimum Gasteiger partial charge on any atom is -0.347 e. The Hall–Kier alpha value is -2.94. The summed E-state index contributed by atoms with van der Waals surface area (Å²) in [6, 6.07) is 6.52. The minimum absolute atomic E-state index is 0.00678. The summed E-state index contributed by atoms with van der Waals surface area (Å²) in [6.45, 7) is 3.24. The summed E-state index contributed by atoms with van der Waals surface area (Å²) in [5.41, 5.74) is 3.28. The zero-order valence-electron chi connectivity index (χ0n) is 17.9. The number of rotatable bonds is 5. The summed E-state index contributed by atoms with van der Waals surface area (Å²) in [7, 11) is 3.80. The first kappa shape index (κ1) is 21.3. The van der Waals surface area contributed by atoms with Crippen molar-refractivity contribution in [3.05, 3.63) is 52.5 Å². The molecule has 2 aromatic heterocycles. The Morgan fingerprint density at radius 3 is 2.74 bits per heavy atom. The van der Waals surface area contributed by atoms with Crippen molar-refractivity contribution in [1.29, 1.82) is 0 Å². The zero-order valence-corrected chi connectivity index (χ0v) is 18.7. The van der Waals surface area contributed by atoms with E-state index in [-0.39, 0.29) is 17.6 Å². The number of anilines is 1. The van der Waals surface area contributed by atoms with Crippen molar-refractivity contribution in [2.45, 2.75) is 32.1 Å². The molecule has 1 saturated heterocycles. The van der Waals surface area contributed by atoms with Gasteiger partial charge in [-0.1, -0.05) is 23.5 Å². The molecule has 0 unspecified atom stereocenters. The molecule has 0 N–H and O–H groups in total. The molecule has 1 fully saturated rings. The average Bonchev–Trinajstić information content (AvgIpc) is 3.27. The Morgan fingerprint density at radius 1 is 1.29 bits per heavy atom. The number of carbonyl (C=O) groups excluding carboxylic acids is 1. The molecular formula is C22H25FN6OS. The van der Waals surface area contributed by atoms with Crippen LogP contribution in [0.15, 0.2) is 30.5 Å². The van der Waals surface area contributed by atoms with Crippen LogP contribution in [0.2, 0.25) is 0 Å². The Bertz CT molecular complexity index is 1080. The molecule has 0 spiro atoms. The zero-order chi connectivity index (χ0) is 22.0. The van der Waals surface area contributed by atoms with Crippen molar-refractivity contribution in [1.82, 2.24) is 24.5 Å². The van der Waals surface area contributed by atoms with E-state index < -0.39 is 0 Å². The van der Waals surface area contributed by atoms with Crippen LogP contribution in [0.3, 0.4) is 0 Å². The average molecular weight is 441 g/mol. The molecule has 31 heavy (non-hydrogen) atoms. The van der Waals surface area contributed by atoms with Gasteiger partial charge in [0.1, 0.15) is 10.7 Å². The van der Waals surface area contributed by atoms with E-state index in [4.69, 9.17) is 4.98 Å². The number of piperidine rings is 1. The first-order chi connectivity index (χ1) is 15.0. The van der Waals surface area contributed by atoms with Crippen LogP contribution in [0.4, 0.5) is 10.3 Å². The van der Waals surface area contributed by atoms with E-state index in [0.717, 1.165) is 35.4 Å². The maximum atomic E-state index is 13.9. The van der Waals surface area contributed by atoms with E-state index in [1.807, 2.05) is 36.9 Å². The van der Waals surface area contributed by atoms with E-state index in [1.54, 1.807) is 12.3 Å². The normalized spacial score (nSPS) is 14.6. The second-order valence-corrected chi connectivity index (χ2v) is 8.60. The number of likely N-dealkylation sites (tertiary alicyclic amines) is 1. The first-order valence-corrected chi connectivity index (χ1v) is 11.2. The van der Waals surface area contributed by atoms with E-state index in [1.165, 1.54) is 23.7 Å². The molecular weight excluding hydrogens is 415 g/mol. The fourth-order valence-corrected chi connectivity index (χ4v) is 4.61. The summed E-state index contributed by atoms with van der Waals surface area (Å²) in [5, 5.41) is 4.06. The van der Waals surface area contributed by atoms with Crippen molar-refractivity contribution < 1.29 is 9.18 Å². The molecule has 4 rings (SSSR count). The van der Waals surface area contributed by atoms with E-state index in [0.29, 0.717) is 30.3 Å². The monoisotopic (exact) mass is 440 g/mol. The SMILES string of the molecule is CCc1nnsc1C(=O)N1CCC(c2nc(N(C)C)ncc2-c2cccc(F)c2)CC1. The molecule has 0 radical (unpaired) electrons. The Morgan fingerprint density at radius 2 is 2.06 bits per heavy atom. The Kier molecular flexibility index (Phi) is 6.22. The minimum atomic E-state index is -0.287. The molecule has 3 aromatic rings. The number of nitrogens with zero attached hydrogens (tertiary/aromatic N) is 6. The van der Waals surface area contributed by atoms with Crippen LogP contribution >= 0.6 is 11.5 Å². The predicted molar refractivity (Wildman–Crippen MR) is 119 cm³/mol. The Balaban J connectivity index is 1.58. The Labute approximate surface area is 185 Å². The van der Waals surface area contributed by atoms with E-state index in [2.05, 4.69) is 14.6 Å². The molecule has 7 nitrogen and oxygen atoms in total. The largest absolute Gasteiger partial charge is 0.347 e. The molecule has 1 aliphatic rings. The molecule has 162 valence electrons. The number of hydrogen-bond acceptors (Lipinski definition) is 7. The van der Waals surface area contributed by atoms with Crippen LogP contribution in [0.25, 0.3) is 11.1 Å². The van der Waals surface area contributed by atoms with Gasteiger partial charge in [-0.25, -0.2) is 14.4 Å². The number of halogens is 1. The van der Waals surface area contributed by atoms with Gasteiger partial charge in [0.05, 0.1) is 11.4 Å². The molecule has 0 saturated carbocycles. The summed E-state index contributed by atoms with van der Waals surface area (Å²) in [5.74, 6) is 0.504. The smallest absolute Gasteiger partial charge is 0.267 e. The predicted octanol–water partition coefficient (Wildman–Crippen LogP) is 3.78. The lowest BCUT2D eigenvalue weighted by Crippen LogP contribution is -2.38. The van der Waals surface area contributed by atoms with Gasteiger partial charge >= 0.3 is 0 Å². The van der Waals surface area contributed by atoms with Gasteiger partial charge in [0.2, 0.25) is 5.95 Å². The van der Waals surface area contributed by atoms with Crippen molar-refractivity contribution in [3.8, 4) is 11.1 Å². The van der Waals surface area contributed by atoms with Gasteiger partial charge in [0.25, 0.3) is 5.91 Å². The topological polar surface area (TPSA) is 75.1 Å². The first-order valence-electron chi connectivity index (χ1n) is 10.4. The van der Waals surface area contributed by atoms with Crippen LogP contribution in [-0.4, -0.2) is 57.5 Å². The maximum absolute atomic E-state index is 13.9. The summed E-state index contributed by atoms with van der Waals surface area (Å²) >= 11 is 1.17. The van der Waals surface area contributed by atoms with Gasteiger partial charge in [-0.3, -0.25) is 4.79 Å². The number of aromatic nitrogens is 4. The molecule has 1 amide bonds. The molecule has 3 heterocycles. The molecule has 1 aromatic carbocycles. The van der Waals surface area contributed by atoms with Crippen LogP contribution in [0.1, 0.15) is 46.7 Å². The summed E-state index contributed by atoms with van der Waals surface area (Å²) < 4.78 is 17.8. The summed E-state index contributed by atoms with van der Waals surface area (Å²) in [6.07, 6.45) is 4.04. The highest BCUT2D eigenvalue weighted by molar-refractivity contribution is 7.08. The highest BCUT2D eigenvalue weighted by Gasteiger charge is 2.29.